The number of ether oxygens (including phenoxy) is 3. The largest absolute Gasteiger partial charge is 0.467 e. The highest BCUT2D eigenvalue weighted by Gasteiger charge is 2.07. The molecule has 0 spiro atoms. The second-order valence-corrected chi connectivity index (χ2v) is 3.56. The van der Waals surface area contributed by atoms with Crippen molar-refractivity contribution in [2.45, 2.75) is 12.5 Å². The Bertz CT molecular complexity index is 341. The van der Waals surface area contributed by atoms with Crippen LogP contribution in [0.3, 0.4) is 0 Å². The Balaban J connectivity index is 2.50. The van der Waals surface area contributed by atoms with Gasteiger partial charge in [0.05, 0.1) is 20.8 Å². The second-order valence-electron chi connectivity index (χ2n) is 3.56. The van der Waals surface area contributed by atoms with Gasteiger partial charge < -0.3 is 25.3 Å². The Hall–Kier alpha value is -1.67. The molecule has 3 N–H and O–H groups in total. The molecular formula is C10H19N5O3. The number of aromatic nitrogens is 3. The summed E-state index contributed by atoms with van der Waals surface area (Å²) in [7, 11) is 4.58. The normalized spacial score (nSPS) is 12.0. The molecule has 0 saturated carbocycles. The van der Waals surface area contributed by atoms with Crippen LogP contribution in [0.2, 0.25) is 0 Å². The first kappa shape index (κ1) is 14.4. The van der Waals surface area contributed by atoms with Gasteiger partial charge in [0.1, 0.15) is 0 Å². The molecule has 0 aliphatic rings. The quantitative estimate of drug-likeness (QED) is 0.652. The highest BCUT2D eigenvalue weighted by Crippen LogP contribution is 2.11. The van der Waals surface area contributed by atoms with Crippen molar-refractivity contribution in [1.82, 2.24) is 15.0 Å². The average molecular weight is 257 g/mol. The molecule has 8 nitrogen and oxygen atoms in total. The highest BCUT2D eigenvalue weighted by molar-refractivity contribution is 5.27. The van der Waals surface area contributed by atoms with E-state index in [1.165, 1.54) is 14.2 Å². The molecular weight excluding hydrogens is 238 g/mol. The molecule has 0 aromatic carbocycles. The van der Waals surface area contributed by atoms with Crippen LogP contribution in [0, 0.1) is 0 Å². The zero-order valence-electron chi connectivity index (χ0n) is 10.8. The second kappa shape index (κ2) is 7.62. The third-order valence-corrected chi connectivity index (χ3v) is 2.14. The molecule has 18 heavy (non-hydrogen) atoms. The van der Waals surface area contributed by atoms with Gasteiger partial charge in [-0.2, -0.15) is 9.97 Å². The molecule has 0 bridgehead atoms. The van der Waals surface area contributed by atoms with E-state index in [4.69, 9.17) is 19.9 Å². The maximum Gasteiger partial charge on any atom is 0.324 e. The lowest BCUT2D eigenvalue weighted by molar-refractivity contribution is 0.178. The van der Waals surface area contributed by atoms with Gasteiger partial charge in [0.15, 0.2) is 0 Å². The summed E-state index contributed by atoms with van der Waals surface area (Å²) in [6, 6.07) is 0.379. The van der Waals surface area contributed by atoms with Crippen LogP contribution in [0.4, 0.5) is 5.95 Å². The van der Waals surface area contributed by atoms with Gasteiger partial charge in [-0.05, 0) is 6.42 Å². The summed E-state index contributed by atoms with van der Waals surface area (Å²) < 4.78 is 14.8. The fourth-order valence-corrected chi connectivity index (χ4v) is 1.27. The molecule has 0 saturated heterocycles. The summed E-state index contributed by atoms with van der Waals surface area (Å²) in [5.41, 5.74) is 5.79. The number of anilines is 1. The zero-order valence-corrected chi connectivity index (χ0v) is 10.8. The first-order valence-corrected chi connectivity index (χ1v) is 5.52. The Morgan fingerprint density at radius 3 is 2.22 bits per heavy atom. The minimum absolute atomic E-state index is 0.0203. The molecule has 0 aliphatic carbocycles. The van der Waals surface area contributed by atoms with Crippen LogP contribution in [0.15, 0.2) is 0 Å². The minimum atomic E-state index is -0.0203. The van der Waals surface area contributed by atoms with Crippen LogP contribution in [0.5, 0.6) is 12.0 Å². The van der Waals surface area contributed by atoms with E-state index in [0.717, 1.165) is 6.42 Å². The summed E-state index contributed by atoms with van der Waals surface area (Å²) in [4.78, 5) is 12.0. The number of hydrogen-bond acceptors (Lipinski definition) is 8. The number of nitrogens with one attached hydrogen (secondary N) is 1. The molecule has 1 rings (SSSR count). The van der Waals surface area contributed by atoms with Gasteiger partial charge in [0.25, 0.3) is 0 Å². The third kappa shape index (κ3) is 4.68. The lowest BCUT2D eigenvalue weighted by atomic mass is 10.2. The summed E-state index contributed by atoms with van der Waals surface area (Å²) in [6.45, 7) is 1.15. The van der Waals surface area contributed by atoms with Gasteiger partial charge in [-0.1, -0.05) is 0 Å². The van der Waals surface area contributed by atoms with Gasteiger partial charge in [0, 0.05) is 19.7 Å². The SMILES string of the molecule is COCC(N)CCNc1nc(OC)nc(OC)n1. The van der Waals surface area contributed by atoms with Crippen LogP contribution < -0.4 is 20.5 Å². The van der Waals surface area contributed by atoms with E-state index < -0.39 is 0 Å². The fourth-order valence-electron chi connectivity index (χ4n) is 1.27. The van der Waals surface area contributed by atoms with E-state index in [1.807, 2.05) is 0 Å². The molecule has 8 heteroatoms. The molecule has 1 heterocycles. The van der Waals surface area contributed by atoms with E-state index in [0.29, 0.717) is 19.1 Å². The average Bonchev–Trinajstić information content (AvgIpc) is 2.38. The maximum atomic E-state index is 5.79. The van der Waals surface area contributed by atoms with Crippen molar-refractivity contribution in [3.05, 3.63) is 0 Å². The van der Waals surface area contributed by atoms with Crippen LogP contribution in [-0.4, -0.2) is 55.5 Å². The molecule has 1 unspecified atom stereocenters. The monoisotopic (exact) mass is 257 g/mol. The summed E-state index contributed by atoms with van der Waals surface area (Å²) >= 11 is 0. The molecule has 0 radical (unpaired) electrons. The lowest BCUT2D eigenvalue weighted by Gasteiger charge is -2.11. The van der Waals surface area contributed by atoms with Gasteiger partial charge in [-0.25, -0.2) is 0 Å². The first-order valence-electron chi connectivity index (χ1n) is 5.52. The Morgan fingerprint density at radius 2 is 1.72 bits per heavy atom. The number of nitrogens with zero attached hydrogens (tertiary/aromatic N) is 3. The Labute approximate surface area is 106 Å². The van der Waals surface area contributed by atoms with Crippen LogP contribution in [0.1, 0.15) is 6.42 Å². The highest BCUT2D eigenvalue weighted by atomic mass is 16.5. The van der Waals surface area contributed by atoms with Crippen LogP contribution >= 0.6 is 0 Å². The van der Waals surface area contributed by atoms with Gasteiger partial charge in [-0.3, -0.25) is 0 Å². The number of methoxy groups -OCH3 is 3. The standard InChI is InChI=1S/C10H19N5O3/c1-16-6-7(11)4-5-12-8-13-9(17-2)15-10(14-8)18-3/h7H,4-6,11H2,1-3H3,(H,12,13,14,15). The molecule has 1 aromatic rings. The van der Waals surface area contributed by atoms with E-state index in [-0.39, 0.29) is 18.1 Å². The third-order valence-electron chi connectivity index (χ3n) is 2.14. The van der Waals surface area contributed by atoms with E-state index in [1.54, 1.807) is 7.11 Å². The van der Waals surface area contributed by atoms with Crippen molar-refractivity contribution in [2.24, 2.45) is 5.73 Å². The number of rotatable bonds is 8. The van der Waals surface area contributed by atoms with Crippen molar-refractivity contribution in [1.29, 1.82) is 0 Å². The topological polar surface area (TPSA) is 104 Å². The summed E-state index contributed by atoms with van der Waals surface area (Å²) in [6.07, 6.45) is 0.740. The molecule has 1 aromatic heterocycles. The molecule has 0 aliphatic heterocycles. The van der Waals surface area contributed by atoms with E-state index in [2.05, 4.69) is 20.3 Å². The van der Waals surface area contributed by atoms with Gasteiger partial charge in [0.2, 0.25) is 5.95 Å². The fraction of sp³-hybridized carbons (Fsp3) is 0.700. The molecule has 0 amide bonds. The lowest BCUT2D eigenvalue weighted by Crippen LogP contribution is -2.28. The maximum absolute atomic E-state index is 5.79. The van der Waals surface area contributed by atoms with Gasteiger partial charge in [-0.15, -0.1) is 4.98 Å². The summed E-state index contributed by atoms with van der Waals surface area (Å²) in [5.74, 6) is 0.392. The Morgan fingerprint density at radius 1 is 1.11 bits per heavy atom. The number of nitrogens with two attached hydrogens (primary N) is 1. The predicted octanol–water partition coefficient (Wildman–Crippen LogP) is -0.335. The molecule has 0 fully saturated rings. The minimum Gasteiger partial charge on any atom is -0.467 e. The molecule has 102 valence electrons. The zero-order chi connectivity index (χ0) is 13.4. The smallest absolute Gasteiger partial charge is 0.324 e. The van der Waals surface area contributed by atoms with Crippen LogP contribution in [0.25, 0.3) is 0 Å². The first-order chi connectivity index (χ1) is 8.69. The van der Waals surface area contributed by atoms with Crippen molar-refractivity contribution in [3.63, 3.8) is 0 Å². The predicted molar refractivity (Wildman–Crippen MR) is 65.9 cm³/mol. The van der Waals surface area contributed by atoms with Gasteiger partial charge >= 0.3 is 12.0 Å². The van der Waals surface area contributed by atoms with Crippen molar-refractivity contribution in [3.8, 4) is 12.0 Å². The van der Waals surface area contributed by atoms with E-state index in [9.17, 15) is 0 Å². The molecule has 1 atom stereocenters. The van der Waals surface area contributed by atoms with Crippen molar-refractivity contribution >= 4 is 5.95 Å². The summed E-state index contributed by atoms with van der Waals surface area (Å²) in [5, 5.41) is 3.03. The van der Waals surface area contributed by atoms with Crippen molar-refractivity contribution in [2.75, 3.05) is 39.8 Å². The van der Waals surface area contributed by atoms with E-state index >= 15 is 0 Å². The Kier molecular flexibility index (Phi) is 6.09. The number of hydrogen-bond donors (Lipinski definition) is 2. The van der Waals surface area contributed by atoms with Crippen molar-refractivity contribution < 1.29 is 14.2 Å². The van der Waals surface area contributed by atoms with Crippen LogP contribution in [-0.2, 0) is 4.74 Å².